The Morgan fingerprint density at radius 3 is 2.54 bits per heavy atom. The molecule has 0 aliphatic carbocycles. The lowest BCUT2D eigenvalue weighted by atomic mass is 10.0. The van der Waals surface area contributed by atoms with Crippen molar-refractivity contribution in [2.75, 3.05) is 7.11 Å². The highest BCUT2D eigenvalue weighted by Crippen LogP contribution is 2.34. The van der Waals surface area contributed by atoms with Crippen molar-refractivity contribution in [1.82, 2.24) is 0 Å². The topological polar surface area (TPSA) is 29.5 Å². The summed E-state index contributed by atoms with van der Waals surface area (Å²) < 4.78 is 5.86. The number of thiophene rings is 1. The minimum absolute atomic E-state index is 0.575. The first-order valence-electron chi connectivity index (χ1n) is 3.96. The second-order valence-corrected chi connectivity index (χ2v) is 5.10. The minimum Gasteiger partial charge on any atom is -0.385 e. The Morgan fingerprint density at radius 1 is 1.54 bits per heavy atom. The fourth-order valence-corrected chi connectivity index (χ4v) is 2.15. The first kappa shape index (κ1) is 11.0. The molecule has 0 aliphatic rings. The summed E-state index contributed by atoms with van der Waals surface area (Å²) >= 11 is 7.14. The van der Waals surface area contributed by atoms with Gasteiger partial charge in [-0.15, -0.1) is 11.3 Å². The van der Waals surface area contributed by atoms with Crippen molar-refractivity contribution in [2.24, 2.45) is 0 Å². The Kier molecular flexibility index (Phi) is 3.35. The SMILES string of the molecule is COC(C)(C)C(O)c1ccc(Cl)s1. The smallest absolute Gasteiger partial charge is 0.117 e. The van der Waals surface area contributed by atoms with E-state index in [1.165, 1.54) is 11.3 Å². The number of rotatable bonds is 3. The van der Waals surface area contributed by atoms with Gasteiger partial charge in [-0.2, -0.15) is 0 Å². The highest BCUT2D eigenvalue weighted by atomic mass is 35.5. The van der Waals surface area contributed by atoms with Crippen molar-refractivity contribution in [1.29, 1.82) is 0 Å². The van der Waals surface area contributed by atoms with E-state index in [0.29, 0.717) is 4.34 Å². The largest absolute Gasteiger partial charge is 0.385 e. The lowest BCUT2D eigenvalue weighted by Crippen LogP contribution is -2.30. The van der Waals surface area contributed by atoms with Crippen LogP contribution in [-0.4, -0.2) is 17.8 Å². The van der Waals surface area contributed by atoms with Crippen LogP contribution >= 0.6 is 22.9 Å². The molecule has 0 radical (unpaired) electrons. The molecular weight excluding hydrogens is 208 g/mol. The van der Waals surface area contributed by atoms with Crippen LogP contribution in [0.25, 0.3) is 0 Å². The molecule has 0 aliphatic heterocycles. The van der Waals surface area contributed by atoms with Gasteiger partial charge in [0.2, 0.25) is 0 Å². The van der Waals surface area contributed by atoms with Gasteiger partial charge in [0, 0.05) is 12.0 Å². The molecule has 0 bridgehead atoms. The fourth-order valence-electron chi connectivity index (χ4n) is 0.929. The Morgan fingerprint density at radius 2 is 2.15 bits per heavy atom. The maximum Gasteiger partial charge on any atom is 0.117 e. The quantitative estimate of drug-likeness (QED) is 0.849. The zero-order valence-corrected chi connectivity index (χ0v) is 9.45. The standard InChI is InChI=1S/C9H13ClO2S/c1-9(2,12-3)8(11)6-4-5-7(10)13-6/h4-5,8,11H,1-3H3. The van der Waals surface area contributed by atoms with E-state index < -0.39 is 11.7 Å². The second kappa shape index (κ2) is 3.96. The molecular formula is C9H13ClO2S. The molecule has 1 unspecified atom stereocenters. The van der Waals surface area contributed by atoms with Crippen LogP contribution in [-0.2, 0) is 4.74 Å². The zero-order valence-electron chi connectivity index (χ0n) is 7.87. The van der Waals surface area contributed by atoms with Crippen LogP contribution in [0.5, 0.6) is 0 Å². The minimum atomic E-state index is -0.630. The zero-order chi connectivity index (χ0) is 10.1. The number of aliphatic hydroxyl groups excluding tert-OH is 1. The summed E-state index contributed by atoms with van der Waals surface area (Å²) in [5.41, 5.74) is -0.575. The molecule has 0 saturated heterocycles. The molecule has 1 atom stereocenters. The molecule has 0 spiro atoms. The van der Waals surface area contributed by atoms with E-state index in [4.69, 9.17) is 16.3 Å². The van der Waals surface area contributed by atoms with E-state index >= 15 is 0 Å². The van der Waals surface area contributed by atoms with Crippen molar-refractivity contribution < 1.29 is 9.84 Å². The number of ether oxygens (including phenoxy) is 1. The van der Waals surface area contributed by atoms with Gasteiger partial charge in [0.15, 0.2) is 0 Å². The molecule has 0 saturated carbocycles. The van der Waals surface area contributed by atoms with Crippen LogP contribution < -0.4 is 0 Å². The molecule has 1 aromatic rings. The summed E-state index contributed by atoms with van der Waals surface area (Å²) in [4.78, 5) is 0.830. The Bertz CT molecular complexity index is 283. The highest BCUT2D eigenvalue weighted by Gasteiger charge is 2.29. The van der Waals surface area contributed by atoms with Crippen LogP contribution in [0.3, 0.4) is 0 Å². The number of halogens is 1. The number of aliphatic hydroxyl groups is 1. The predicted molar refractivity (Wildman–Crippen MR) is 55.4 cm³/mol. The predicted octanol–water partition coefficient (Wildman–Crippen LogP) is 2.86. The number of hydrogen-bond acceptors (Lipinski definition) is 3. The van der Waals surface area contributed by atoms with Gasteiger partial charge in [0.25, 0.3) is 0 Å². The first-order chi connectivity index (χ1) is 5.97. The molecule has 13 heavy (non-hydrogen) atoms. The molecule has 4 heteroatoms. The third-order valence-electron chi connectivity index (χ3n) is 2.05. The third-order valence-corrected chi connectivity index (χ3v) is 3.33. The highest BCUT2D eigenvalue weighted by molar-refractivity contribution is 7.16. The Hall–Kier alpha value is -0.0900. The van der Waals surface area contributed by atoms with E-state index in [2.05, 4.69) is 0 Å². The van der Waals surface area contributed by atoms with Gasteiger partial charge in [-0.05, 0) is 26.0 Å². The average Bonchev–Trinajstić information content (AvgIpc) is 2.50. The van der Waals surface area contributed by atoms with Gasteiger partial charge in [-0.1, -0.05) is 11.6 Å². The molecule has 1 rings (SSSR count). The van der Waals surface area contributed by atoms with Gasteiger partial charge < -0.3 is 9.84 Å². The fraction of sp³-hybridized carbons (Fsp3) is 0.556. The van der Waals surface area contributed by atoms with Crippen molar-refractivity contribution in [3.05, 3.63) is 21.3 Å². The number of methoxy groups -OCH3 is 1. The summed E-state index contributed by atoms with van der Waals surface area (Å²) in [7, 11) is 1.58. The lowest BCUT2D eigenvalue weighted by molar-refractivity contribution is -0.0778. The summed E-state index contributed by atoms with van der Waals surface area (Å²) in [5, 5.41) is 9.89. The molecule has 1 N–H and O–H groups in total. The van der Waals surface area contributed by atoms with E-state index in [9.17, 15) is 5.11 Å². The van der Waals surface area contributed by atoms with Gasteiger partial charge in [0.1, 0.15) is 6.10 Å². The van der Waals surface area contributed by atoms with E-state index in [-0.39, 0.29) is 0 Å². The van der Waals surface area contributed by atoms with E-state index in [1.54, 1.807) is 13.2 Å². The molecule has 0 amide bonds. The maximum atomic E-state index is 9.89. The third kappa shape index (κ3) is 2.44. The van der Waals surface area contributed by atoms with Crippen LogP contribution in [0.1, 0.15) is 24.8 Å². The molecule has 1 aromatic heterocycles. The second-order valence-electron chi connectivity index (χ2n) is 3.35. The first-order valence-corrected chi connectivity index (χ1v) is 5.15. The summed E-state index contributed by atoms with van der Waals surface area (Å²) in [6, 6.07) is 3.59. The molecule has 0 aromatic carbocycles. The van der Waals surface area contributed by atoms with Gasteiger partial charge in [-0.3, -0.25) is 0 Å². The molecule has 74 valence electrons. The van der Waals surface area contributed by atoms with Crippen LogP contribution in [0.2, 0.25) is 4.34 Å². The summed E-state index contributed by atoms with van der Waals surface area (Å²) in [6.07, 6.45) is -0.630. The van der Waals surface area contributed by atoms with E-state index in [0.717, 1.165) is 4.88 Å². The van der Waals surface area contributed by atoms with Crippen molar-refractivity contribution in [3.8, 4) is 0 Å². The van der Waals surface area contributed by atoms with Crippen LogP contribution in [0, 0.1) is 0 Å². The normalized spacial score (nSPS) is 14.5. The Labute approximate surface area is 87.1 Å². The van der Waals surface area contributed by atoms with Crippen molar-refractivity contribution in [2.45, 2.75) is 25.6 Å². The maximum absolute atomic E-state index is 9.89. The van der Waals surface area contributed by atoms with Gasteiger partial charge >= 0.3 is 0 Å². The molecule has 1 heterocycles. The lowest BCUT2D eigenvalue weighted by Gasteiger charge is -2.28. The summed E-state index contributed by atoms with van der Waals surface area (Å²) in [6.45, 7) is 3.68. The number of hydrogen-bond donors (Lipinski definition) is 1. The van der Waals surface area contributed by atoms with Crippen molar-refractivity contribution in [3.63, 3.8) is 0 Å². The van der Waals surface area contributed by atoms with Crippen LogP contribution in [0.4, 0.5) is 0 Å². The van der Waals surface area contributed by atoms with Crippen LogP contribution in [0.15, 0.2) is 12.1 Å². The molecule has 2 nitrogen and oxygen atoms in total. The molecule has 0 fully saturated rings. The van der Waals surface area contributed by atoms with Crippen molar-refractivity contribution >= 4 is 22.9 Å². The monoisotopic (exact) mass is 220 g/mol. The van der Waals surface area contributed by atoms with Gasteiger partial charge in [0.05, 0.1) is 9.94 Å². The van der Waals surface area contributed by atoms with E-state index in [1.807, 2.05) is 19.9 Å². The van der Waals surface area contributed by atoms with Gasteiger partial charge in [-0.25, -0.2) is 0 Å². The average molecular weight is 221 g/mol. The summed E-state index contributed by atoms with van der Waals surface area (Å²) in [5.74, 6) is 0. The Balaban J connectivity index is 2.84.